The van der Waals surface area contributed by atoms with Gasteiger partial charge in [0.15, 0.2) is 6.04 Å². The molecule has 0 aliphatic carbocycles. The molecule has 62 valence electrons. The number of aliphatic carboxylic acids is 1. The van der Waals surface area contributed by atoms with Crippen molar-refractivity contribution in [1.82, 2.24) is 0 Å². The molecule has 0 amide bonds. The van der Waals surface area contributed by atoms with Crippen molar-refractivity contribution in [2.45, 2.75) is 12.6 Å². The number of fused-ring (bicyclic) bond motifs is 1. The Morgan fingerprint density at radius 1 is 1.50 bits per heavy atom. The van der Waals surface area contributed by atoms with Crippen molar-refractivity contribution >= 4 is 5.97 Å². The molecule has 0 bridgehead atoms. The summed E-state index contributed by atoms with van der Waals surface area (Å²) in [6, 6.07) is 7.08. The summed E-state index contributed by atoms with van der Waals surface area (Å²) in [7, 11) is 0. The third-order valence-corrected chi connectivity index (χ3v) is 2.22. The number of carboxylic acids is 1. The van der Waals surface area contributed by atoms with Crippen LogP contribution in [0.3, 0.4) is 0 Å². The van der Waals surface area contributed by atoms with Crippen molar-refractivity contribution in [2.24, 2.45) is 0 Å². The molecule has 1 aliphatic rings. The van der Waals surface area contributed by atoms with Gasteiger partial charge in [0.05, 0.1) is 0 Å². The van der Waals surface area contributed by atoms with Crippen LogP contribution in [-0.2, 0) is 11.3 Å². The molecule has 1 aliphatic heterocycles. The lowest BCUT2D eigenvalue weighted by atomic mass is 10.1. The first-order valence-corrected chi connectivity index (χ1v) is 3.91. The molecular formula is C9H9NO2. The molecule has 1 aromatic carbocycles. The van der Waals surface area contributed by atoms with E-state index in [-0.39, 0.29) is 0 Å². The van der Waals surface area contributed by atoms with E-state index in [4.69, 9.17) is 0 Å². The lowest BCUT2D eigenvalue weighted by Gasteiger charge is -2.08. The van der Waals surface area contributed by atoms with E-state index >= 15 is 0 Å². The van der Waals surface area contributed by atoms with Gasteiger partial charge in [0, 0.05) is 11.1 Å². The first kappa shape index (κ1) is 7.31. The van der Waals surface area contributed by atoms with Gasteiger partial charge in [0.1, 0.15) is 12.5 Å². The van der Waals surface area contributed by atoms with Gasteiger partial charge in [0.25, 0.3) is 0 Å². The number of benzene rings is 1. The van der Waals surface area contributed by atoms with Crippen LogP contribution < -0.4 is 10.4 Å². The number of hydrogen-bond donors (Lipinski definition) is 1. The maximum absolute atomic E-state index is 10.6. The molecule has 1 aromatic rings. The number of rotatable bonds is 1. The molecule has 3 nitrogen and oxygen atoms in total. The highest BCUT2D eigenvalue weighted by molar-refractivity contribution is 5.72. The Morgan fingerprint density at radius 3 is 3.00 bits per heavy atom. The van der Waals surface area contributed by atoms with Crippen LogP contribution in [0.2, 0.25) is 0 Å². The van der Waals surface area contributed by atoms with Gasteiger partial charge in [-0.25, -0.2) is 0 Å². The highest BCUT2D eigenvalue weighted by Gasteiger charge is 2.25. The quantitative estimate of drug-likeness (QED) is 0.551. The van der Waals surface area contributed by atoms with Crippen LogP contribution in [0.1, 0.15) is 17.2 Å². The maximum Gasteiger partial charge on any atom is 0.153 e. The van der Waals surface area contributed by atoms with E-state index in [1.165, 1.54) is 0 Å². The van der Waals surface area contributed by atoms with Crippen molar-refractivity contribution in [3.63, 3.8) is 0 Å². The molecule has 1 heterocycles. The number of quaternary nitrogens is 1. The van der Waals surface area contributed by atoms with Crippen molar-refractivity contribution in [3.05, 3.63) is 35.4 Å². The molecule has 0 saturated carbocycles. The molecule has 0 saturated heterocycles. The number of nitrogens with two attached hydrogens (primary N) is 1. The van der Waals surface area contributed by atoms with Crippen molar-refractivity contribution in [1.29, 1.82) is 0 Å². The van der Waals surface area contributed by atoms with Gasteiger partial charge in [0.2, 0.25) is 0 Å². The van der Waals surface area contributed by atoms with Gasteiger partial charge in [-0.15, -0.1) is 0 Å². The summed E-state index contributed by atoms with van der Waals surface area (Å²) >= 11 is 0. The number of carbonyl (C=O) groups is 1. The van der Waals surface area contributed by atoms with E-state index in [0.717, 1.165) is 17.7 Å². The van der Waals surface area contributed by atoms with E-state index in [1.807, 2.05) is 24.3 Å². The van der Waals surface area contributed by atoms with Crippen molar-refractivity contribution < 1.29 is 15.2 Å². The predicted molar refractivity (Wildman–Crippen MR) is 39.8 cm³/mol. The van der Waals surface area contributed by atoms with Crippen LogP contribution in [0.5, 0.6) is 0 Å². The summed E-state index contributed by atoms with van der Waals surface area (Å²) in [5, 5.41) is 12.4. The molecule has 12 heavy (non-hydrogen) atoms. The molecule has 0 aromatic heterocycles. The third-order valence-electron chi connectivity index (χ3n) is 2.22. The molecule has 0 radical (unpaired) electrons. The van der Waals surface area contributed by atoms with Crippen molar-refractivity contribution in [2.75, 3.05) is 0 Å². The fourth-order valence-corrected chi connectivity index (χ4v) is 1.62. The summed E-state index contributed by atoms with van der Waals surface area (Å²) in [4.78, 5) is 10.6. The Bertz CT molecular complexity index is 322. The fourth-order valence-electron chi connectivity index (χ4n) is 1.62. The monoisotopic (exact) mass is 163 g/mol. The SMILES string of the molecule is O=C([O-])[C@H]1[NH2+]Cc2ccccc21. The average Bonchev–Trinajstić information content (AvgIpc) is 2.47. The van der Waals surface area contributed by atoms with E-state index in [0.29, 0.717) is 0 Å². The van der Waals surface area contributed by atoms with Crippen LogP contribution >= 0.6 is 0 Å². The van der Waals surface area contributed by atoms with Crippen LogP contribution in [0.4, 0.5) is 0 Å². The summed E-state index contributed by atoms with van der Waals surface area (Å²) in [5.41, 5.74) is 1.99. The largest absolute Gasteiger partial charge is 0.544 e. The normalized spacial score (nSPS) is 20.5. The molecule has 0 spiro atoms. The first-order valence-electron chi connectivity index (χ1n) is 3.91. The second-order valence-corrected chi connectivity index (χ2v) is 2.94. The molecule has 3 heteroatoms. The number of hydrogen-bond acceptors (Lipinski definition) is 2. The second kappa shape index (κ2) is 2.60. The number of carboxylic acid groups (broad SMARTS) is 1. The van der Waals surface area contributed by atoms with Gasteiger partial charge < -0.3 is 15.2 Å². The van der Waals surface area contributed by atoms with Gasteiger partial charge in [-0.2, -0.15) is 0 Å². The topological polar surface area (TPSA) is 56.7 Å². The minimum Gasteiger partial charge on any atom is -0.544 e. The molecule has 2 N–H and O–H groups in total. The lowest BCUT2D eigenvalue weighted by Crippen LogP contribution is -2.83. The van der Waals surface area contributed by atoms with Crippen molar-refractivity contribution in [3.8, 4) is 0 Å². The molecular weight excluding hydrogens is 154 g/mol. The Labute approximate surface area is 70.0 Å². The van der Waals surface area contributed by atoms with Gasteiger partial charge in [-0.1, -0.05) is 24.3 Å². The standard InChI is InChI=1S/C9H9NO2/c11-9(12)8-7-4-2-1-3-6(7)5-10-8/h1-4,8,10H,5H2,(H,11,12)/t8-/m0/s1. The minimum atomic E-state index is -1.00. The summed E-state index contributed by atoms with van der Waals surface area (Å²) in [6.45, 7) is 0.745. The Kier molecular flexibility index (Phi) is 1.59. The Hall–Kier alpha value is -1.35. The highest BCUT2D eigenvalue weighted by Crippen LogP contribution is 2.18. The first-order chi connectivity index (χ1) is 5.79. The smallest absolute Gasteiger partial charge is 0.153 e. The second-order valence-electron chi connectivity index (χ2n) is 2.94. The summed E-state index contributed by atoms with van der Waals surface area (Å²) in [5.74, 6) is -1.00. The lowest BCUT2D eigenvalue weighted by molar-refractivity contribution is -0.694. The summed E-state index contributed by atoms with van der Waals surface area (Å²) < 4.78 is 0. The zero-order valence-corrected chi connectivity index (χ0v) is 6.49. The van der Waals surface area contributed by atoms with E-state index < -0.39 is 12.0 Å². The van der Waals surface area contributed by atoms with Crippen LogP contribution in [0.15, 0.2) is 24.3 Å². The van der Waals surface area contributed by atoms with E-state index in [2.05, 4.69) is 0 Å². The van der Waals surface area contributed by atoms with Gasteiger partial charge in [-0.05, 0) is 0 Å². The van der Waals surface area contributed by atoms with Gasteiger partial charge in [-0.3, -0.25) is 0 Å². The zero-order valence-electron chi connectivity index (χ0n) is 6.49. The van der Waals surface area contributed by atoms with E-state index in [9.17, 15) is 9.90 Å². The third kappa shape index (κ3) is 0.987. The zero-order chi connectivity index (χ0) is 8.55. The summed E-state index contributed by atoms with van der Waals surface area (Å²) in [6.07, 6.45) is 0. The molecule has 2 rings (SSSR count). The van der Waals surface area contributed by atoms with Crippen LogP contribution in [-0.4, -0.2) is 5.97 Å². The predicted octanol–water partition coefficient (Wildman–Crippen LogP) is -1.45. The Morgan fingerprint density at radius 2 is 2.25 bits per heavy atom. The maximum atomic E-state index is 10.6. The Balaban J connectivity index is 2.42. The fraction of sp³-hybridized carbons (Fsp3) is 0.222. The molecule has 0 fully saturated rings. The van der Waals surface area contributed by atoms with Crippen LogP contribution in [0, 0.1) is 0 Å². The van der Waals surface area contributed by atoms with Gasteiger partial charge >= 0.3 is 0 Å². The number of carbonyl (C=O) groups excluding carboxylic acids is 1. The van der Waals surface area contributed by atoms with Crippen LogP contribution in [0.25, 0.3) is 0 Å². The van der Waals surface area contributed by atoms with E-state index in [1.54, 1.807) is 5.32 Å². The average molecular weight is 163 g/mol. The molecule has 0 unspecified atom stereocenters. The molecule has 1 atom stereocenters. The highest BCUT2D eigenvalue weighted by atomic mass is 16.4. The minimum absolute atomic E-state index is 0.499.